The third-order valence-corrected chi connectivity index (χ3v) is 1.57. The lowest BCUT2D eigenvalue weighted by atomic mass is 10.5. The Morgan fingerprint density at radius 3 is 1.71 bits per heavy atom. The molecule has 0 radical (unpaired) electrons. The number of hydrogen-bond donors (Lipinski definition) is 2. The average Bonchev–Trinajstić information content (AvgIpc) is 1.31. The van der Waals surface area contributed by atoms with Gasteiger partial charge in [-0.15, -0.1) is 0 Å². The van der Waals surface area contributed by atoms with Gasteiger partial charge in [-0.1, -0.05) is 0 Å². The summed E-state index contributed by atoms with van der Waals surface area (Å²) in [6.45, 7) is 2.60. The Kier molecular flexibility index (Phi) is 1.99. The predicted octanol–water partition coefficient (Wildman–Crippen LogP) is 0.182. The normalized spacial score (nSPS) is 16.6. The minimum absolute atomic E-state index is 1.30. The van der Waals surface area contributed by atoms with Crippen LogP contribution in [0.15, 0.2) is 0 Å². The highest BCUT2D eigenvalue weighted by Crippen LogP contribution is 2.30. The predicted molar refractivity (Wildman–Crippen MR) is 27.5 cm³/mol. The lowest BCUT2D eigenvalue weighted by Crippen LogP contribution is -2.10. The number of hydrogen-bond acceptors (Lipinski definition) is 2. The van der Waals surface area contributed by atoms with Crippen molar-refractivity contribution in [2.75, 3.05) is 0 Å². The fourth-order valence-electron chi connectivity index (χ4n) is 0. The molecule has 0 rings (SSSR count). The van der Waals surface area contributed by atoms with Gasteiger partial charge in [0.1, 0.15) is 5.34 Å². The van der Waals surface area contributed by atoms with E-state index in [0.29, 0.717) is 0 Å². The zero-order chi connectivity index (χ0) is 6.08. The van der Waals surface area contributed by atoms with Gasteiger partial charge in [0.05, 0.1) is 0 Å². The van der Waals surface area contributed by atoms with Gasteiger partial charge in [-0.3, -0.25) is 4.57 Å². The van der Waals surface area contributed by atoms with Crippen LogP contribution in [0.5, 0.6) is 0 Å². The summed E-state index contributed by atoms with van der Waals surface area (Å²) >= 11 is 0. The molecule has 0 aromatic heterocycles. The van der Waals surface area contributed by atoms with Crippen LogP contribution in [-0.4, -0.2) is 15.3 Å². The Hall–Kier alpha value is 0.150. The van der Waals surface area contributed by atoms with Crippen molar-refractivity contribution in [1.29, 1.82) is 0 Å². The van der Waals surface area contributed by atoms with Crippen molar-refractivity contribution in [2.45, 2.75) is 19.2 Å². The summed E-state index contributed by atoms with van der Waals surface area (Å²) in [5, 5.41) is 7.18. The Labute approximate surface area is 42.8 Å². The van der Waals surface area contributed by atoms with Crippen LogP contribution in [0.25, 0.3) is 0 Å². The number of rotatable bonds is 1. The molecule has 0 amide bonds. The minimum Gasteiger partial charge on any atom is -0.381 e. The van der Waals surface area contributed by atoms with Gasteiger partial charge in [0.2, 0.25) is 8.03 Å². The van der Waals surface area contributed by atoms with E-state index in [1.54, 1.807) is 0 Å². The first kappa shape index (κ1) is 7.15. The molecular weight excluding hydrogens is 115 g/mol. The van der Waals surface area contributed by atoms with Crippen LogP contribution in [0, 0.1) is 0 Å². The van der Waals surface area contributed by atoms with Crippen LogP contribution in [0.3, 0.4) is 0 Å². The SMILES string of the molecule is CC(C)(O)[PH](=O)O. The van der Waals surface area contributed by atoms with E-state index in [-0.39, 0.29) is 0 Å². The van der Waals surface area contributed by atoms with Crippen molar-refractivity contribution < 1.29 is 14.6 Å². The summed E-state index contributed by atoms with van der Waals surface area (Å²) in [7, 11) is -2.74. The van der Waals surface area contributed by atoms with Gasteiger partial charge >= 0.3 is 0 Å². The second kappa shape index (κ2) is 1.95. The summed E-state index contributed by atoms with van der Waals surface area (Å²) in [6.07, 6.45) is 0. The van der Waals surface area contributed by atoms with Crippen molar-refractivity contribution in [2.24, 2.45) is 0 Å². The molecule has 0 saturated carbocycles. The van der Waals surface area contributed by atoms with E-state index in [9.17, 15) is 4.57 Å². The minimum atomic E-state index is -2.74. The summed E-state index contributed by atoms with van der Waals surface area (Å²) in [5.74, 6) is 0. The van der Waals surface area contributed by atoms with Gasteiger partial charge in [0.15, 0.2) is 0 Å². The molecule has 3 nitrogen and oxygen atoms in total. The van der Waals surface area contributed by atoms with E-state index in [4.69, 9.17) is 10.00 Å². The third kappa shape index (κ3) is 2.80. The van der Waals surface area contributed by atoms with Gasteiger partial charge in [0, 0.05) is 0 Å². The lowest BCUT2D eigenvalue weighted by Gasteiger charge is -2.10. The van der Waals surface area contributed by atoms with Crippen molar-refractivity contribution in [3.63, 3.8) is 0 Å². The van der Waals surface area contributed by atoms with Crippen LogP contribution in [0.4, 0.5) is 0 Å². The molecule has 0 saturated heterocycles. The van der Waals surface area contributed by atoms with Crippen molar-refractivity contribution >= 4 is 8.03 Å². The van der Waals surface area contributed by atoms with E-state index in [2.05, 4.69) is 0 Å². The first-order chi connectivity index (χ1) is 2.94. The van der Waals surface area contributed by atoms with Crippen molar-refractivity contribution in [3.8, 4) is 0 Å². The standard InChI is InChI=1S/C3H9O3P/c1-3(2,4)7(5)6/h4,7H,1-2H3,(H,5,6). The molecule has 7 heavy (non-hydrogen) atoms. The van der Waals surface area contributed by atoms with E-state index in [1.807, 2.05) is 0 Å². The fourth-order valence-corrected chi connectivity index (χ4v) is 0. The highest BCUT2D eigenvalue weighted by molar-refractivity contribution is 7.39. The van der Waals surface area contributed by atoms with Gasteiger partial charge in [-0.25, -0.2) is 0 Å². The first-order valence-electron chi connectivity index (χ1n) is 1.90. The molecule has 0 aromatic rings. The molecule has 2 N–H and O–H groups in total. The summed E-state index contributed by atoms with van der Waals surface area (Å²) < 4.78 is 9.96. The number of aliphatic hydroxyl groups is 1. The monoisotopic (exact) mass is 124 g/mol. The molecule has 44 valence electrons. The maximum absolute atomic E-state index is 9.96. The zero-order valence-electron chi connectivity index (χ0n) is 4.30. The topological polar surface area (TPSA) is 57.5 Å². The van der Waals surface area contributed by atoms with E-state index in [0.717, 1.165) is 0 Å². The molecule has 0 aliphatic heterocycles. The smallest absolute Gasteiger partial charge is 0.219 e. The summed E-state index contributed by atoms with van der Waals surface area (Å²) in [4.78, 5) is 8.19. The Balaban J connectivity index is 3.79. The molecule has 0 bridgehead atoms. The molecule has 0 aromatic carbocycles. The largest absolute Gasteiger partial charge is 0.381 e. The molecule has 0 aliphatic carbocycles. The highest BCUT2D eigenvalue weighted by Gasteiger charge is 2.17. The fraction of sp³-hybridized carbons (Fsp3) is 1.00. The molecule has 0 heterocycles. The highest BCUT2D eigenvalue weighted by atomic mass is 31.1. The molecule has 1 atom stereocenters. The maximum Gasteiger partial charge on any atom is 0.219 e. The van der Waals surface area contributed by atoms with Crippen LogP contribution in [0.1, 0.15) is 13.8 Å². The zero-order valence-corrected chi connectivity index (χ0v) is 5.30. The second-order valence-electron chi connectivity index (χ2n) is 1.86. The Morgan fingerprint density at radius 2 is 1.71 bits per heavy atom. The van der Waals surface area contributed by atoms with E-state index >= 15 is 0 Å². The molecule has 1 unspecified atom stereocenters. The molecular formula is C3H9O3P. The van der Waals surface area contributed by atoms with Crippen molar-refractivity contribution in [3.05, 3.63) is 0 Å². The van der Waals surface area contributed by atoms with Gasteiger partial charge in [-0.2, -0.15) is 0 Å². The molecule has 0 fully saturated rings. The Morgan fingerprint density at radius 1 is 1.57 bits per heavy atom. The second-order valence-corrected chi connectivity index (χ2v) is 3.70. The van der Waals surface area contributed by atoms with Crippen LogP contribution >= 0.6 is 8.03 Å². The van der Waals surface area contributed by atoms with Crippen LogP contribution in [0.2, 0.25) is 0 Å². The van der Waals surface area contributed by atoms with Crippen LogP contribution in [-0.2, 0) is 4.57 Å². The average molecular weight is 124 g/mol. The van der Waals surface area contributed by atoms with Gasteiger partial charge in [0.25, 0.3) is 0 Å². The lowest BCUT2D eigenvalue weighted by molar-refractivity contribution is 0.155. The van der Waals surface area contributed by atoms with E-state index < -0.39 is 13.4 Å². The van der Waals surface area contributed by atoms with Crippen molar-refractivity contribution in [1.82, 2.24) is 0 Å². The van der Waals surface area contributed by atoms with Gasteiger partial charge in [-0.05, 0) is 13.8 Å². The summed E-state index contributed by atoms with van der Waals surface area (Å²) in [5.41, 5.74) is 0. The summed E-state index contributed by atoms with van der Waals surface area (Å²) in [6, 6.07) is 0. The molecule has 4 heteroatoms. The molecule has 0 spiro atoms. The van der Waals surface area contributed by atoms with Gasteiger partial charge < -0.3 is 10.00 Å². The quantitative estimate of drug-likeness (QED) is 0.490. The first-order valence-corrected chi connectivity index (χ1v) is 3.26. The van der Waals surface area contributed by atoms with Crippen LogP contribution < -0.4 is 0 Å². The maximum atomic E-state index is 9.96. The van der Waals surface area contributed by atoms with E-state index in [1.165, 1.54) is 13.8 Å². The Bertz CT molecular complexity index is 82.7. The molecule has 0 aliphatic rings. The third-order valence-electron chi connectivity index (χ3n) is 0.523.